The molecule has 1 fully saturated rings. The fourth-order valence-corrected chi connectivity index (χ4v) is 4.50. The number of hydrogen-bond donors (Lipinski definition) is 1. The number of urea groups is 1. The van der Waals surface area contributed by atoms with Gasteiger partial charge in [-0.3, -0.25) is 14.9 Å². The van der Waals surface area contributed by atoms with Gasteiger partial charge in [-0.15, -0.1) is 0 Å². The van der Waals surface area contributed by atoms with Crippen molar-refractivity contribution >= 4 is 57.1 Å². The Balaban J connectivity index is 1.62. The Morgan fingerprint density at radius 1 is 0.939 bits per heavy atom. The van der Waals surface area contributed by atoms with Gasteiger partial charge in [0.2, 0.25) is 0 Å². The van der Waals surface area contributed by atoms with E-state index in [1.807, 2.05) is 18.2 Å². The van der Waals surface area contributed by atoms with Crippen LogP contribution in [0.25, 0.3) is 6.08 Å². The van der Waals surface area contributed by atoms with Crippen molar-refractivity contribution in [2.24, 2.45) is 0 Å². The second kappa shape index (κ2) is 9.33. The molecule has 7 heteroatoms. The number of nitrogens with zero attached hydrogens (tertiary/aromatic N) is 1. The molecule has 1 N–H and O–H groups in total. The number of halogens is 2. The van der Waals surface area contributed by atoms with Crippen LogP contribution in [0.3, 0.4) is 0 Å². The quantitative estimate of drug-likeness (QED) is 0.338. The van der Waals surface area contributed by atoms with Crippen LogP contribution in [0.4, 0.5) is 10.5 Å². The van der Waals surface area contributed by atoms with Crippen LogP contribution >= 0.6 is 27.5 Å². The lowest BCUT2D eigenvalue weighted by atomic mass is 9.99. The summed E-state index contributed by atoms with van der Waals surface area (Å²) >= 11 is 9.51. The average Bonchev–Trinajstić information content (AvgIpc) is 2.73. The van der Waals surface area contributed by atoms with Crippen molar-refractivity contribution < 1.29 is 14.4 Å². The molecule has 4 rings (SSSR count). The number of aryl methyl sites for hydroxylation is 2. The molecular formula is C26H20BrClN2O3. The summed E-state index contributed by atoms with van der Waals surface area (Å²) < 4.78 is 0.866. The number of carbonyl (C=O) groups is 3. The van der Waals surface area contributed by atoms with Crippen LogP contribution < -0.4 is 10.2 Å². The minimum absolute atomic E-state index is 0.126. The van der Waals surface area contributed by atoms with Crippen molar-refractivity contribution in [2.75, 3.05) is 4.90 Å². The Kier molecular flexibility index (Phi) is 6.49. The molecule has 3 aromatic carbocycles. The first-order valence-corrected chi connectivity index (χ1v) is 11.4. The van der Waals surface area contributed by atoms with E-state index in [0.29, 0.717) is 16.3 Å². The standard InChI is InChI=1S/C26H20BrClN2O3/c1-15-9-16(2)11-18(10-15)12-19-4-3-17(14-23(19)27)13-22-24(31)29-26(33)30(25(22)32)21-7-5-20(28)6-8-21/h3-11,13-14H,12H2,1-2H3,(H,29,31,33)/b22-13+. The summed E-state index contributed by atoms with van der Waals surface area (Å²) in [6.45, 7) is 4.15. The lowest BCUT2D eigenvalue weighted by molar-refractivity contribution is -0.122. The van der Waals surface area contributed by atoms with Gasteiger partial charge in [0.1, 0.15) is 5.57 Å². The van der Waals surface area contributed by atoms with Crippen molar-refractivity contribution in [2.45, 2.75) is 20.3 Å². The van der Waals surface area contributed by atoms with Gasteiger partial charge in [-0.1, -0.05) is 69.0 Å². The highest BCUT2D eigenvalue weighted by Crippen LogP contribution is 2.26. The topological polar surface area (TPSA) is 66.5 Å². The van der Waals surface area contributed by atoms with Crippen LogP contribution in [0.1, 0.15) is 27.8 Å². The third kappa shape index (κ3) is 5.07. The first-order valence-electron chi connectivity index (χ1n) is 10.2. The fraction of sp³-hybridized carbons (Fsp3) is 0.115. The van der Waals surface area contributed by atoms with Crippen LogP contribution in [-0.2, 0) is 16.0 Å². The lowest BCUT2D eigenvalue weighted by Gasteiger charge is -2.26. The third-order valence-corrected chi connectivity index (χ3v) is 6.24. The summed E-state index contributed by atoms with van der Waals surface area (Å²) in [6, 6.07) is 17.6. The Morgan fingerprint density at radius 2 is 1.61 bits per heavy atom. The van der Waals surface area contributed by atoms with E-state index in [4.69, 9.17) is 11.6 Å². The van der Waals surface area contributed by atoms with Crippen LogP contribution in [0, 0.1) is 13.8 Å². The molecule has 0 aromatic heterocycles. The second-order valence-corrected chi connectivity index (χ2v) is 9.25. The Morgan fingerprint density at radius 3 is 2.24 bits per heavy atom. The number of barbiturate groups is 1. The third-order valence-electron chi connectivity index (χ3n) is 5.25. The molecule has 1 saturated heterocycles. The van der Waals surface area contributed by atoms with Crippen molar-refractivity contribution in [3.05, 3.63) is 104 Å². The van der Waals surface area contributed by atoms with E-state index in [0.717, 1.165) is 21.4 Å². The highest BCUT2D eigenvalue weighted by Gasteiger charge is 2.36. The van der Waals surface area contributed by atoms with Gasteiger partial charge >= 0.3 is 6.03 Å². The Labute approximate surface area is 205 Å². The number of rotatable bonds is 4. The number of benzene rings is 3. The Bertz CT molecular complexity index is 1300. The molecule has 3 aromatic rings. The molecule has 1 aliphatic rings. The molecule has 0 saturated carbocycles. The molecule has 0 spiro atoms. The number of carbonyl (C=O) groups excluding carboxylic acids is 3. The number of anilines is 1. The molecule has 5 nitrogen and oxygen atoms in total. The van der Waals surface area contributed by atoms with E-state index < -0.39 is 17.8 Å². The van der Waals surface area contributed by atoms with Gasteiger partial charge in [0.25, 0.3) is 11.8 Å². The summed E-state index contributed by atoms with van der Waals surface area (Å²) in [5.74, 6) is -1.42. The molecule has 0 bridgehead atoms. The smallest absolute Gasteiger partial charge is 0.273 e. The van der Waals surface area contributed by atoms with Crippen molar-refractivity contribution in [1.82, 2.24) is 5.32 Å². The van der Waals surface area contributed by atoms with Crippen molar-refractivity contribution in [3.63, 3.8) is 0 Å². The number of nitrogens with one attached hydrogen (secondary N) is 1. The maximum absolute atomic E-state index is 13.0. The van der Waals surface area contributed by atoms with Crippen molar-refractivity contribution in [3.8, 4) is 0 Å². The molecular weight excluding hydrogens is 504 g/mol. The largest absolute Gasteiger partial charge is 0.335 e. The summed E-state index contributed by atoms with van der Waals surface area (Å²) in [5.41, 5.74) is 5.57. The van der Waals surface area contributed by atoms with Gasteiger partial charge in [0, 0.05) is 9.50 Å². The molecule has 1 aliphatic heterocycles. The molecule has 33 heavy (non-hydrogen) atoms. The van der Waals surface area contributed by atoms with E-state index in [1.165, 1.54) is 22.8 Å². The highest BCUT2D eigenvalue weighted by molar-refractivity contribution is 9.10. The van der Waals surface area contributed by atoms with Gasteiger partial charge in [0.15, 0.2) is 0 Å². The van der Waals surface area contributed by atoms with Gasteiger partial charge in [0.05, 0.1) is 5.69 Å². The monoisotopic (exact) mass is 522 g/mol. The van der Waals surface area contributed by atoms with Gasteiger partial charge in [-0.2, -0.15) is 0 Å². The number of imide groups is 2. The fourth-order valence-electron chi connectivity index (χ4n) is 3.84. The van der Waals surface area contributed by atoms with Crippen LogP contribution in [0.15, 0.2) is 70.7 Å². The predicted molar refractivity (Wildman–Crippen MR) is 133 cm³/mol. The van der Waals surface area contributed by atoms with E-state index in [1.54, 1.807) is 24.3 Å². The molecule has 0 unspecified atom stereocenters. The first-order chi connectivity index (χ1) is 15.7. The van der Waals surface area contributed by atoms with E-state index in [9.17, 15) is 14.4 Å². The molecule has 0 atom stereocenters. The summed E-state index contributed by atoms with van der Waals surface area (Å²) in [5, 5.41) is 2.70. The second-order valence-electron chi connectivity index (χ2n) is 7.96. The Hall–Kier alpha value is -3.22. The molecule has 1 heterocycles. The average molecular weight is 524 g/mol. The number of hydrogen-bond acceptors (Lipinski definition) is 3. The first kappa shape index (κ1) is 23.0. The lowest BCUT2D eigenvalue weighted by Crippen LogP contribution is -2.54. The summed E-state index contributed by atoms with van der Waals surface area (Å²) in [4.78, 5) is 38.7. The molecule has 0 aliphatic carbocycles. The van der Waals surface area contributed by atoms with E-state index in [-0.39, 0.29) is 5.57 Å². The van der Waals surface area contributed by atoms with E-state index in [2.05, 4.69) is 53.3 Å². The molecule has 166 valence electrons. The van der Waals surface area contributed by atoms with Crippen molar-refractivity contribution in [1.29, 1.82) is 0 Å². The van der Waals surface area contributed by atoms with E-state index >= 15 is 0 Å². The minimum Gasteiger partial charge on any atom is -0.273 e. The van der Waals surface area contributed by atoms with Gasteiger partial charge in [-0.25, -0.2) is 9.69 Å². The van der Waals surface area contributed by atoms with Gasteiger partial charge in [-0.05, 0) is 73.4 Å². The molecule has 4 amide bonds. The maximum Gasteiger partial charge on any atom is 0.335 e. The van der Waals surface area contributed by atoms with Gasteiger partial charge < -0.3 is 0 Å². The minimum atomic E-state index is -0.797. The predicted octanol–water partition coefficient (Wildman–Crippen LogP) is 5.98. The maximum atomic E-state index is 13.0. The highest BCUT2D eigenvalue weighted by atomic mass is 79.9. The zero-order valence-electron chi connectivity index (χ0n) is 18.0. The number of amides is 4. The SMILES string of the molecule is Cc1cc(C)cc(Cc2ccc(/C=C3\C(=O)NC(=O)N(c4ccc(Cl)cc4)C3=O)cc2Br)c1. The summed E-state index contributed by atoms with van der Waals surface area (Å²) in [7, 11) is 0. The van der Waals surface area contributed by atoms with Crippen LogP contribution in [-0.4, -0.2) is 17.8 Å². The summed E-state index contributed by atoms with van der Waals surface area (Å²) in [6.07, 6.45) is 2.23. The zero-order chi connectivity index (χ0) is 23.7. The van der Waals surface area contributed by atoms with Crippen LogP contribution in [0.5, 0.6) is 0 Å². The normalized spacial score (nSPS) is 15.2. The zero-order valence-corrected chi connectivity index (χ0v) is 20.3. The molecule has 0 radical (unpaired) electrons. The van der Waals surface area contributed by atoms with Crippen LogP contribution in [0.2, 0.25) is 5.02 Å².